The Morgan fingerprint density at radius 3 is 2.27 bits per heavy atom. The maximum absolute atomic E-state index is 6.46. The van der Waals surface area contributed by atoms with Crippen LogP contribution < -0.4 is 16.8 Å². The van der Waals surface area contributed by atoms with E-state index in [9.17, 15) is 0 Å². The van der Waals surface area contributed by atoms with Crippen LogP contribution in [0.2, 0.25) is 0 Å². The van der Waals surface area contributed by atoms with Crippen molar-refractivity contribution in [3.63, 3.8) is 0 Å². The topological polar surface area (TPSA) is 94.3 Å². The van der Waals surface area contributed by atoms with Gasteiger partial charge in [-0.1, -0.05) is 48.5 Å². The van der Waals surface area contributed by atoms with E-state index in [0.29, 0.717) is 17.8 Å². The number of nitrogens with zero attached hydrogens (tertiary/aromatic N) is 3. The van der Waals surface area contributed by atoms with Gasteiger partial charge in [-0.15, -0.1) is 5.10 Å². The predicted molar refractivity (Wildman–Crippen MR) is 122 cm³/mol. The number of fused-ring (bicyclic) bond motifs is 1. The van der Waals surface area contributed by atoms with Crippen LogP contribution in [-0.2, 0) is 0 Å². The van der Waals surface area contributed by atoms with E-state index in [2.05, 4.69) is 10.4 Å². The molecule has 152 valence electrons. The van der Waals surface area contributed by atoms with Gasteiger partial charge >= 0.3 is 0 Å². The van der Waals surface area contributed by atoms with Crippen molar-refractivity contribution < 1.29 is 0 Å². The molecule has 0 spiro atoms. The molecule has 2 aromatic carbocycles. The number of para-hydroxylation sites is 1. The number of benzene rings is 2. The molecule has 1 fully saturated rings. The third kappa shape index (κ3) is 3.50. The average Bonchev–Trinajstić information content (AvgIpc) is 3.19. The van der Waals surface area contributed by atoms with Gasteiger partial charge in [0.05, 0.1) is 23.1 Å². The summed E-state index contributed by atoms with van der Waals surface area (Å²) in [5.41, 5.74) is 18.2. The standard InChI is InChI=1S/C24H26N6/c25-18-13-11-16(12-14-18)20-15-30-24(28-20)22(27-19-9-5-2-6-10-19)21(23(26)29-30)17-7-3-1-4-8-17/h1-10,15-16,18,27H,11-14,25H2,(H2,26,29). The van der Waals surface area contributed by atoms with Crippen molar-refractivity contribution in [3.05, 3.63) is 72.6 Å². The molecule has 30 heavy (non-hydrogen) atoms. The van der Waals surface area contributed by atoms with Crippen molar-refractivity contribution in [3.8, 4) is 11.1 Å². The first kappa shape index (κ1) is 18.6. The molecule has 0 radical (unpaired) electrons. The van der Waals surface area contributed by atoms with Crippen molar-refractivity contribution in [1.29, 1.82) is 0 Å². The minimum absolute atomic E-state index is 0.312. The summed E-state index contributed by atoms with van der Waals surface area (Å²) >= 11 is 0. The minimum atomic E-state index is 0.312. The summed E-state index contributed by atoms with van der Waals surface area (Å²) < 4.78 is 1.82. The van der Waals surface area contributed by atoms with Crippen LogP contribution in [0.1, 0.15) is 37.3 Å². The van der Waals surface area contributed by atoms with Gasteiger partial charge in [-0.2, -0.15) is 0 Å². The molecule has 6 nitrogen and oxygen atoms in total. The Balaban J connectivity index is 1.66. The molecule has 4 aromatic rings. The van der Waals surface area contributed by atoms with Gasteiger partial charge in [0.2, 0.25) is 0 Å². The Bertz CT molecular complexity index is 1140. The number of rotatable bonds is 4. The number of hydrogen-bond acceptors (Lipinski definition) is 5. The van der Waals surface area contributed by atoms with Gasteiger partial charge in [-0.05, 0) is 43.4 Å². The monoisotopic (exact) mass is 398 g/mol. The molecule has 0 unspecified atom stereocenters. The number of imidazole rings is 1. The van der Waals surface area contributed by atoms with E-state index in [0.717, 1.165) is 59.5 Å². The molecule has 2 aromatic heterocycles. The molecule has 0 saturated heterocycles. The summed E-state index contributed by atoms with van der Waals surface area (Å²) in [6, 6.07) is 20.5. The smallest absolute Gasteiger partial charge is 0.178 e. The fourth-order valence-corrected chi connectivity index (χ4v) is 4.33. The number of nitrogen functional groups attached to an aromatic ring is 1. The van der Waals surface area contributed by atoms with Crippen LogP contribution >= 0.6 is 0 Å². The normalized spacial score (nSPS) is 19.1. The first-order chi connectivity index (χ1) is 14.7. The largest absolute Gasteiger partial charge is 0.382 e. The Hall–Kier alpha value is -3.38. The zero-order valence-electron chi connectivity index (χ0n) is 16.8. The minimum Gasteiger partial charge on any atom is -0.382 e. The zero-order chi connectivity index (χ0) is 20.5. The summed E-state index contributed by atoms with van der Waals surface area (Å²) in [5, 5.41) is 8.21. The molecule has 0 amide bonds. The highest BCUT2D eigenvalue weighted by Crippen LogP contribution is 2.38. The lowest BCUT2D eigenvalue weighted by molar-refractivity contribution is 0.391. The van der Waals surface area contributed by atoms with Gasteiger partial charge < -0.3 is 16.8 Å². The number of hydrogen-bond donors (Lipinski definition) is 3. The first-order valence-electron chi connectivity index (χ1n) is 10.5. The molecule has 0 atom stereocenters. The quantitative estimate of drug-likeness (QED) is 0.463. The maximum Gasteiger partial charge on any atom is 0.178 e. The summed E-state index contributed by atoms with van der Waals surface area (Å²) in [5.74, 6) is 0.888. The van der Waals surface area contributed by atoms with E-state index in [1.54, 1.807) is 0 Å². The van der Waals surface area contributed by atoms with Gasteiger partial charge in [0.25, 0.3) is 0 Å². The van der Waals surface area contributed by atoms with Crippen molar-refractivity contribution >= 4 is 22.8 Å². The van der Waals surface area contributed by atoms with Crippen LogP contribution in [0.3, 0.4) is 0 Å². The predicted octanol–water partition coefficient (Wildman–Crippen LogP) is 4.71. The highest BCUT2D eigenvalue weighted by molar-refractivity contribution is 5.94. The molecule has 1 aliphatic carbocycles. The van der Waals surface area contributed by atoms with Crippen molar-refractivity contribution in [2.24, 2.45) is 5.73 Å². The highest BCUT2D eigenvalue weighted by atomic mass is 15.3. The van der Waals surface area contributed by atoms with E-state index in [1.165, 1.54) is 0 Å². The van der Waals surface area contributed by atoms with Crippen molar-refractivity contribution in [1.82, 2.24) is 14.6 Å². The van der Waals surface area contributed by atoms with Gasteiger partial charge in [-0.3, -0.25) is 0 Å². The third-order valence-corrected chi connectivity index (χ3v) is 5.95. The molecule has 0 bridgehead atoms. The van der Waals surface area contributed by atoms with Crippen LogP contribution in [0.4, 0.5) is 17.2 Å². The fraction of sp³-hybridized carbons (Fsp3) is 0.250. The van der Waals surface area contributed by atoms with E-state index in [4.69, 9.17) is 16.5 Å². The lowest BCUT2D eigenvalue weighted by Crippen LogP contribution is -2.25. The molecule has 5 rings (SSSR count). The van der Waals surface area contributed by atoms with Crippen molar-refractivity contribution in [2.45, 2.75) is 37.6 Å². The SMILES string of the molecule is Nc1nn2cc(C3CCC(N)CC3)nc2c(Nc2ccccc2)c1-c1ccccc1. The summed E-state index contributed by atoms with van der Waals surface area (Å²) in [6.07, 6.45) is 6.23. The van der Waals surface area contributed by atoms with E-state index in [1.807, 2.05) is 71.4 Å². The number of anilines is 3. The first-order valence-corrected chi connectivity index (χ1v) is 10.5. The van der Waals surface area contributed by atoms with Crippen LogP contribution in [-0.4, -0.2) is 20.6 Å². The lowest BCUT2D eigenvalue weighted by Gasteiger charge is -2.24. The van der Waals surface area contributed by atoms with E-state index >= 15 is 0 Å². The maximum atomic E-state index is 6.46. The van der Waals surface area contributed by atoms with Gasteiger partial charge in [0.1, 0.15) is 0 Å². The van der Waals surface area contributed by atoms with E-state index < -0.39 is 0 Å². The van der Waals surface area contributed by atoms with E-state index in [-0.39, 0.29) is 0 Å². The Kier molecular flexibility index (Phi) is 4.85. The van der Waals surface area contributed by atoms with Crippen LogP contribution in [0.5, 0.6) is 0 Å². The van der Waals surface area contributed by atoms with Crippen LogP contribution in [0.25, 0.3) is 16.8 Å². The second kappa shape index (κ2) is 7.80. The van der Waals surface area contributed by atoms with Gasteiger partial charge in [0.15, 0.2) is 11.5 Å². The number of nitrogens with two attached hydrogens (primary N) is 2. The molecule has 5 N–H and O–H groups in total. The van der Waals surface area contributed by atoms with Crippen molar-refractivity contribution in [2.75, 3.05) is 11.1 Å². The second-order valence-corrected chi connectivity index (χ2v) is 8.04. The summed E-state index contributed by atoms with van der Waals surface area (Å²) in [4.78, 5) is 5.03. The Morgan fingerprint density at radius 2 is 1.57 bits per heavy atom. The molecule has 1 aliphatic rings. The van der Waals surface area contributed by atoms with Crippen LogP contribution in [0.15, 0.2) is 66.9 Å². The fourth-order valence-electron chi connectivity index (χ4n) is 4.33. The Morgan fingerprint density at radius 1 is 0.900 bits per heavy atom. The summed E-state index contributed by atoms with van der Waals surface area (Å²) in [6.45, 7) is 0. The zero-order valence-corrected chi connectivity index (χ0v) is 16.8. The molecular weight excluding hydrogens is 372 g/mol. The molecule has 2 heterocycles. The van der Waals surface area contributed by atoms with Gasteiger partial charge in [-0.25, -0.2) is 9.50 Å². The Labute approximate surface area is 175 Å². The number of aromatic nitrogens is 3. The molecule has 1 saturated carbocycles. The van der Waals surface area contributed by atoms with Crippen LogP contribution in [0, 0.1) is 0 Å². The lowest BCUT2D eigenvalue weighted by atomic mass is 9.85. The molecule has 6 heteroatoms. The molecular formula is C24H26N6. The third-order valence-electron chi connectivity index (χ3n) is 5.95. The van der Waals surface area contributed by atoms with Gasteiger partial charge in [0, 0.05) is 17.6 Å². The average molecular weight is 399 g/mol. The second-order valence-electron chi connectivity index (χ2n) is 8.04. The number of nitrogens with one attached hydrogen (secondary N) is 1. The molecule has 0 aliphatic heterocycles. The summed E-state index contributed by atoms with van der Waals surface area (Å²) in [7, 11) is 0. The highest BCUT2D eigenvalue weighted by Gasteiger charge is 2.24.